The van der Waals surface area contributed by atoms with E-state index in [9.17, 15) is 8.42 Å². The number of aryl methyl sites for hydroxylation is 1. The molecule has 1 fully saturated rings. The summed E-state index contributed by atoms with van der Waals surface area (Å²) in [6.45, 7) is 0.571. The van der Waals surface area contributed by atoms with Gasteiger partial charge in [-0.1, -0.05) is 6.07 Å². The Labute approximate surface area is 124 Å². The van der Waals surface area contributed by atoms with Gasteiger partial charge in [0.25, 0.3) is 0 Å². The van der Waals surface area contributed by atoms with Gasteiger partial charge in [0.05, 0.1) is 29.4 Å². The molecular weight excluding hydrogens is 288 g/mol. The molecule has 2 aromatic rings. The van der Waals surface area contributed by atoms with Crippen LogP contribution in [-0.2, 0) is 17.1 Å². The van der Waals surface area contributed by atoms with Crippen molar-refractivity contribution in [3.63, 3.8) is 0 Å². The summed E-state index contributed by atoms with van der Waals surface area (Å²) in [4.78, 5) is 4.65. The lowest BCUT2D eigenvalue weighted by atomic mass is 10.1. The Morgan fingerprint density at radius 1 is 1.29 bits per heavy atom. The van der Waals surface area contributed by atoms with Crippen LogP contribution >= 0.6 is 0 Å². The van der Waals surface area contributed by atoms with Crippen LogP contribution in [0.5, 0.6) is 0 Å². The van der Waals surface area contributed by atoms with Crippen LogP contribution < -0.4 is 0 Å². The second-order valence-electron chi connectivity index (χ2n) is 5.32. The maximum Gasteiger partial charge on any atom is 0.211 e. The molecule has 2 aromatic heterocycles. The molecule has 7 heteroatoms. The van der Waals surface area contributed by atoms with Gasteiger partial charge in [0.15, 0.2) is 0 Å². The first-order chi connectivity index (χ1) is 9.97. The number of hydrogen-bond donors (Lipinski definition) is 0. The highest BCUT2D eigenvalue weighted by molar-refractivity contribution is 7.88. The van der Waals surface area contributed by atoms with Gasteiger partial charge in [-0.05, 0) is 31.0 Å². The summed E-state index contributed by atoms with van der Waals surface area (Å²) in [5.74, 6) is 0. The molecule has 21 heavy (non-hydrogen) atoms. The van der Waals surface area contributed by atoms with Crippen molar-refractivity contribution in [2.45, 2.75) is 18.9 Å². The van der Waals surface area contributed by atoms with Crippen molar-refractivity contribution in [3.05, 3.63) is 36.2 Å². The third-order valence-electron chi connectivity index (χ3n) is 3.83. The molecule has 112 valence electrons. The fraction of sp³-hybridized carbons (Fsp3) is 0.429. The zero-order chi connectivity index (χ0) is 15.0. The molecule has 1 aliphatic heterocycles. The van der Waals surface area contributed by atoms with E-state index in [4.69, 9.17) is 0 Å². The predicted molar refractivity (Wildman–Crippen MR) is 80.0 cm³/mol. The minimum absolute atomic E-state index is 0.159. The number of hydrogen-bond acceptors (Lipinski definition) is 4. The van der Waals surface area contributed by atoms with Gasteiger partial charge in [0.1, 0.15) is 0 Å². The van der Waals surface area contributed by atoms with Gasteiger partial charge in [-0.3, -0.25) is 4.68 Å². The number of pyridine rings is 1. The van der Waals surface area contributed by atoms with Crippen molar-refractivity contribution in [1.82, 2.24) is 19.1 Å². The second kappa shape index (κ2) is 5.23. The van der Waals surface area contributed by atoms with Gasteiger partial charge < -0.3 is 0 Å². The molecule has 0 amide bonds. The minimum atomic E-state index is -3.20. The number of nitrogens with zero attached hydrogens (tertiary/aromatic N) is 4. The van der Waals surface area contributed by atoms with Crippen LogP contribution in [0.15, 0.2) is 30.5 Å². The SMILES string of the molecule is Cn1nccc1-c1cccc([C@H]2CCCN2S(C)(=O)=O)n1. The molecule has 1 saturated heterocycles. The maximum absolute atomic E-state index is 11.9. The van der Waals surface area contributed by atoms with E-state index in [-0.39, 0.29) is 6.04 Å². The Kier molecular flexibility index (Phi) is 3.54. The Morgan fingerprint density at radius 2 is 2.10 bits per heavy atom. The summed E-state index contributed by atoms with van der Waals surface area (Å²) in [5.41, 5.74) is 2.53. The fourth-order valence-corrected chi connectivity index (χ4v) is 3.97. The van der Waals surface area contributed by atoms with E-state index < -0.39 is 10.0 Å². The first kappa shape index (κ1) is 14.2. The predicted octanol–water partition coefficient (Wildman–Crippen LogP) is 1.58. The Hall–Kier alpha value is -1.73. The van der Waals surface area contributed by atoms with Crippen LogP contribution in [-0.4, -0.2) is 40.3 Å². The van der Waals surface area contributed by atoms with Crippen LogP contribution in [0.4, 0.5) is 0 Å². The average molecular weight is 306 g/mol. The fourth-order valence-electron chi connectivity index (χ4n) is 2.84. The molecule has 0 aromatic carbocycles. The molecule has 1 atom stereocenters. The molecular formula is C14H18N4O2S. The molecule has 1 aliphatic rings. The smallest absolute Gasteiger partial charge is 0.211 e. The summed E-state index contributed by atoms with van der Waals surface area (Å²) in [6.07, 6.45) is 4.67. The number of sulfonamides is 1. The molecule has 3 rings (SSSR count). The van der Waals surface area contributed by atoms with Crippen LogP contribution in [0.3, 0.4) is 0 Å². The van der Waals surface area contributed by atoms with Crippen LogP contribution in [0.2, 0.25) is 0 Å². The van der Waals surface area contributed by atoms with Crippen molar-refractivity contribution < 1.29 is 8.42 Å². The van der Waals surface area contributed by atoms with Gasteiger partial charge >= 0.3 is 0 Å². The zero-order valence-electron chi connectivity index (χ0n) is 12.1. The maximum atomic E-state index is 11.9. The number of aromatic nitrogens is 3. The standard InChI is InChI=1S/C14H18N4O2S/c1-17-13(8-9-15-17)11-5-3-6-12(16-11)14-7-4-10-18(14)21(2,19)20/h3,5-6,8-9,14H,4,7,10H2,1-2H3/t14-/m1/s1. The lowest BCUT2D eigenvalue weighted by molar-refractivity contribution is 0.394. The normalized spacial score (nSPS) is 20.0. The van der Waals surface area contributed by atoms with Crippen molar-refractivity contribution >= 4 is 10.0 Å². The summed E-state index contributed by atoms with van der Waals surface area (Å²) in [7, 11) is -1.34. The van der Waals surface area contributed by atoms with E-state index >= 15 is 0 Å². The molecule has 0 bridgehead atoms. The quantitative estimate of drug-likeness (QED) is 0.863. The first-order valence-electron chi connectivity index (χ1n) is 6.89. The highest BCUT2D eigenvalue weighted by atomic mass is 32.2. The Morgan fingerprint density at radius 3 is 2.76 bits per heavy atom. The van der Waals surface area contributed by atoms with Gasteiger partial charge in [-0.2, -0.15) is 9.40 Å². The third-order valence-corrected chi connectivity index (χ3v) is 5.11. The van der Waals surface area contributed by atoms with E-state index in [0.717, 1.165) is 29.9 Å². The minimum Gasteiger partial charge on any atom is -0.266 e. The Bertz CT molecular complexity index is 754. The molecule has 0 N–H and O–H groups in total. The zero-order valence-corrected chi connectivity index (χ0v) is 12.9. The van der Waals surface area contributed by atoms with Gasteiger partial charge in [-0.25, -0.2) is 13.4 Å². The summed E-state index contributed by atoms with van der Waals surface area (Å²) >= 11 is 0. The van der Waals surface area contributed by atoms with E-state index in [2.05, 4.69) is 10.1 Å². The first-order valence-corrected chi connectivity index (χ1v) is 8.74. The molecule has 0 spiro atoms. The number of rotatable bonds is 3. The van der Waals surface area contributed by atoms with Crippen molar-refractivity contribution in [3.8, 4) is 11.4 Å². The van der Waals surface area contributed by atoms with Crippen LogP contribution in [0, 0.1) is 0 Å². The second-order valence-corrected chi connectivity index (χ2v) is 7.25. The molecule has 0 aliphatic carbocycles. The van der Waals surface area contributed by atoms with Gasteiger partial charge in [-0.15, -0.1) is 0 Å². The van der Waals surface area contributed by atoms with E-state index in [1.54, 1.807) is 15.2 Å². The largest absolute Gasteiger partial charge is 0.266 e. The molecule has 6 nitrogen and oxygen atoms in total. The van der Waals surface area contributed by atoms with Crippen molar-refractivity contribution in [2.24, 2.45) is 7.05 Å². The average Bonchev–Trinajstić information content (AvgIpc) is 3.06. The molecule has 0 unspecified atom stereocenters. The summed E-state index contributed by atoms with van der Waals surface area (Å²) < 4.78 is 27.0. The molecule has 3 heterocycles. The highest BCUT2D eigenvalue weighted by Crippen LogP contribution is 2.33. The summed E-state index contributed by atoms with van der Waals surface area (Å²) in [5, 5.41) is 4.14. The van der Waals surface area contributed by atoms with Gasteiger partial charge in [0, 0.05) is 19.8 Å². The van der Waals surface area contributed by atoms with Crippen LogP contribution in [0.25, 0.3) is 11.4 Å². The van der Waals surface area contributed by atoms with Crippen molar-refractivity contribution in [1.29, 1.82) is 0 Å². The Balaban J connectivity index is 1.99. The molecule has 0 saturated carbocycles. The van der Waals surface area contributed by atoms with Gasteiger partial charge in [0.2, 0.25) is 10.0 Å². The van der Waals surface area contributed by atoms with E-state index in [1.165, 1.54) is 6.26 Å². The molecule has 0 radical (unpaired) electrons. The third kappa shape index (κ3) is 2.71. The summed E-state index contributed by atoms with van der Waals surface area (Å²) in [6, 6.07) is 7.47. The lowest BCUT2D eigenvalue weighted by Gasteiger charge is -2.22. The van der Waals surface area contributed by atoms with E-state index in [1.807, 2.05) is 31.3 Å². The van der Waals surface area contributed by atoms with E-state index in [0.29, 0.717) is 6.54 Å². The monoisotopic (exact) mass is 306 g/mol. The highest BCUT2D eigenvalue weighted by Gasteiger charge is 2.33. The van der Waals surface area contributed by atoms with Crippen molar-refractivity contribution in [2.75, 3.05) is 12.8 Å². The topological polar surface area (TPSA) is 68.1 Å². The van der Waals surface area contributed by atoms with Crippen LogP contribution in [0.1, 0.15) is 24.6 Å². The lowest BCUT2D eigenvalue weighted by Crippen LogP contribution is -2.29.